The molecule has 1 saturated heterocycles. The van der Waals surface area contributed by atoms with Gasteiger partial charge in [-0.1, -0.05) is 0 Å². The summed E-state index contributed by atoms with van der Waals surface area (Å²) >= 11 is 0. The predicted molar refractivity (Wildman–Crippen MR) is 82.7 cm³/mol. The zero-order valence-corrected chi connectivity index (χ0v) is 13.4. The molecule has 0 amide bonds. The first-order valence-corrected chi connectivity index (χ1v) is 7.62. The fourth-order valence-corrected chi connectivity index (χ4v) is 2.71. The Morgan fingerprint density at radius 3 is 2.62 bits per heavy atom. The molecular weight excluding hydrogens is 323 g/mol. The number of β-amino-alcohol motifs (C(OH)–C–C–N with tert-alkyl or cyclic N) is 1. The monoisotopic (exact) mass is 343 g/mol. The highest BCUT2D eigenvalue weighted by Gasteiger charge is 2.34. The molecule has 1 fully saturated rings. The standard InChI is InChI=1S/C16H20F3N3O2/c1-21(10-13(23)11-22-4-6-24-7-5-22)15-8-12(9-20)2-3-14(15)16(17,18)19/h2-3,8,13,23H,4-7,10-11H2,1H3/t13-/m1/s1. The minimum Gasteiger partial charge on any atom is -0.390 e. The maximum atomic E-state index is 13.2. The van der Waals surface area contributed by atoms with Crippen molar-refractivity contribution in [1.29, 1.82) is 5.26 Å². The summed E-state index contributed by atoms with van der Waals surface area (Å²) < 4.78 is 44.7. The second kappa shape index (κ2) is 7.83. The van der Waals surface area contributed by atoms with Crippen LogP contribution < -0.4 is 4.90 Å². The van der Waals surface area contributed by atoms with E-state index in [9.17, 15) is 18.3 Å². The lowest BCUT2D eigenvalue weighted by Crippen LogP contribution is -2.44. The summed E-state index contributed by atoms with van der Waals surface area (Å²) in [5.41, 5.74) is -0.780. The third-order valence-electron chi connectivity index (χ3n) is 3.90. The lowest BCUT2D eigenvalue weighted by atomic mass is 10.1. The third-order valence-corrected chi connectivity index (χ3v) is 3.90. The van der Waals surface area contributed by atoms with E-state index in [1.807, 2.05) is 11.0 Å². The van der Waals surface area contributed by atoms with Crippen molar-refractivity contribution in [3.8, 4) is 6.07 Å². The molecule has 0 radical (unpaired) electrons. The maximum absolute atomic E-state index is 13.2. The molecule has 132 valence electrons. The van der Waals surface area contributed by atoms with Gasteiger partial charge in [-0.05, 0) is 18.2 Å². The zero-order chi connectivity index (χ0) is 17.7. The Hall–Kier alpha value is -1.82. The Labute approximate surface area is 138 Å². The van der Waals surface area contributed by atoms with Gasteiger partial charge < -0.3 is 14.7 Å². The minimum atomic E-state index is -4.52. The number of nitriles is 1. The number of hydrogen-bond acceptors (Lipinski definition) is 5. The fourth-order valence-electron chi connectivity index (χ4n) is 2.71. The predicted octanol–water partition coefficient (Wildman–Crippen LogP) is 1.71. The number of likely N-dealkylation sites (N-methyl/N-ethyl adjacent to an activating group) is 1. The van der Waals surface area contributed by atoms with Crippen LogP contribution in [0.4, 0.5) is 18.9 Å². The van der Waals surface area contributed by atoms with Crippen molar-refractivity contribution in [2.45, 2.75) is 12.3 Å². The topological polar surface area (TPSA) is 59.7 Å². The van der Waals surface area contributed by atoms with Crippen LogP contribution in [-0.4, -0.2) is 62.6 Å². The summed E-state index contributed by atoms with van der Waals surface area (Å²) in [4.78, 5) is 3.35. The molecule has 0 unspecified atom stereocenters. The van der Waals surface area contributed by atoms with Crippen molar-refractivity contribution in [3.63, 3.8) is 0 Å². The van der Waals surface area contributed by atoms with Gasteiger partial charge in [0.05, 0.1) is 42.2 Å². The molecule has 0 spiro atoms. The maximum Gasteiger partial charge on any atom is 0.418 e. The van der Waals surface area contributed by atoms with Gasteiger partial charge in [0, 0.05) is 33.2 Å². The first-order valence-electron chi connectivity index (χ1n) is 7.62. The van der Waals surface area contributed by atoms with Crippen molar-refractivity contribution in [2.24, 2.45) is 0 Å². The van der Waals surface area contributed by atoms with E-state index < -0.39 is 17.8 Å². The van der Waals surface area contributed by atoms with E-state index in [1.165, 1.54) is 18.0 Å². The Kier molecular flexibility index (Phi) is 6.04. The van der Waals surface area contributed by atoms with Crippen LogP contribution in [0, 0.1) is 11.3 Å². The molecule has 1 aromatic carbocycles. The van der Waals surface area contributed by atoms with Gasteiger partial charge in [-0.3, -0.25) is 4.90 Å². The van der Waals surface area contributed by atoms with Gasteiger partial charge in [0.15, 0.2) is 0 Å². The molecular formula is C16H20F3N3O2. The Morgan fingerprint density at radius 2 is 2.04 bits per heavy atom. The van der Waals surface area contributed by atoms with E-state index in [1.54, 1.807) is 0 Å². The number of rotatable bonds is 5. The summed E-state index contributed by atoms with van der Waals surface area (Å²) in [7, 11) is 1.48. The Bertz CT molecular complexity index is 595. The van der Waals surface area contributed by atoms with Crippen molar-refractivity contribution >= 4 is 5.69 Å². The van der Waals surface area contributed by atoms with Crippen LogP contribution in [0.1, 0.15) is 11.1 Å². The van der Waals surface area contributed by atoms with Gasteiger partial charge in [0.2, 0.25) is 0 Å². The average molecular weight is 343 g/mol. The number of benzene rings is 1. The molecule has 8 heteroatoms. The van der Waals surface area contributed by atoms with E-state index in [-0.39, 0.29) is 17.8 Å². The van der Waals surface area contributed by atoms with Crippen LogP contribution in [0.2, 0.25) is 0 Å². The SMILES string of the molecule is CN(C[C@@H](O)CN1CCOCC1)c1cc(C#N)ccc1C(F)(F)F. The number of aliphatic hydroxyl groups excluding tert-OH is 1. The summed E-state index contributed by atoms with van der Waals surface area (Å²) in [6.07, 6.45) is -5.33. The number of aliphatic hydroxyl groups is 1. The van der Waals surface area contributed by atoms with E-state index in [0.717, 1.165) is 12.1 Å². The molecule has 5 nitrogen and oxygen atoms in total. The summed E-state index contributed by atoms with van der Waals surface area (Å²) in [6, 6.07) is 5.08. The molecule has 1 atom stereocenters. The van der Waals surface area contributed by atoms with Gasteiger partial charge >= 0.3 is 6.18 Å². The number of halogens is 3. The molecule has 0 aromatic heterocycles. The highest BCUT2D eigenvalue weighted by Crippen LogP contribution is 2.36. The van der Waals surface area contributed by atoms with Gasteiger partial charge in [-0.2, -0.15) is 18.4 Å². The van der Waals surface area contributed by atoms with Gasteiger partial charge in [0.25, 0.3) is 0 Å². The molecule has 0 aliphatic carbocycles. The van der Waals surface area contributed by atoms with E-state index in [0.29, 0.717) is 32.8 Å². The molecule has 24 heavy (non-hydrogen) atoms. The van der Waals surface area contributed by atoms with Crippen LogP contribution in [0.25, 0.3) is 0 Å². The van der Waals surface area contributed by atoms with Crippen molar-refractivity contribution in [3.05, 3.63) is 29.3 Å². The number of nitrogens with zero attached hydrogens (tertiary/aromatic N) is 3. The first kappa shape index (κ1) is 18.5. The average Bonchev–Trinajstić information content (AvgIpc) is 2.54. The van der Waals surface area contributed by atoms with Crippen molar-refractivity contribution < 1.29 is 23.0 Å². The van der Waals surface area contributed by atoms with Gasteiger partial charge in [-0.25, -0.2) is 0 Å². The van der Waals surface area contributed by atoms with Gasteiger partial charge in [0.1, 0.15) is 0 Å². The Balaban J connectivity index is 2.10. The normalized spacial score (nSPS) is 17.3. The molecule has 0 bridgehead atoms. The van der Waals surface area contributed by atoms with E-state index >= 15 is 0 Å². The Morgan fingerprint density at radius 1 is 1.38 bits per heavy atom. The molecule has 0 saturated carbocycles. The first-order chi connectivity index (χ1) is 11.3. The summed E-state index contributed by atoms with van der Waals surface area (Å²) in [5, 5.41) is 19.1. The van der Waals surface area contributed by atoms with Crippen molar-refractivity contribution in [2.75, 3.05) is 51.3 Å². The van der Waals surface area contributed by atoms with Crippen LogP contribution in [0.15, 0.2) is 18.2 Å². The minimum absolute atomic E-state index is 0.0370. The van der Waals surface area contributed by atoms with Crippen LogP contribution in [0.3, 0.4) is 0 Å². The third kappa shape index (κ3) is 4.84. The van der Waals surface area contributed by atoms with Crippen molar-refractivity contribution in [1.82, 2.24) is 4.90 Å². The van der Waals surface area contributed by atoms with Crippen LogP contribution in [-0.2, 0) is 10.9 Å². The highest BCUT2D eigenvalue weighted by atomic mass is 19.4. The number of hydrogen-bond donors (Lipinski definition) is 1. The molecule has 2 rings (SSSR count). The molecule has 1 heterocycles. The van der Waals surface area contributed by atoms with Gasteiger partial charge in [-0.15, -0.1) is 0 Å². The lowest BCUT2D eigenvalue weighted by molar-refractivity contribution is -0.137. The summed E-state index contributed by atoms with van der Waals surface area (Å²) in [5.74, 6) is 0. The fraction of sp³-hybridized carbons (Fsp3) is 0.562. The second-order valence-electron chi connectivity index (χ2n) is 5.79. The molecule has 1 aromatic rings. The number of ether oxygens (including phenoxy) is 1. The molecule has 1 aliphatic rings. The second-order valence-corrected chi connectivity index (χ2v) is 5.79. The zero-order valence-electron chi connectivity index (χ0n) is 13.4. The quantitative estimate of drug-likeness (QED) is 0.882. The lowest BCUT2D eigenvalue weighted by Gasteiger charge is -2.31. The highest BCUT2D eigenvalue weighted by molar-refractivity contribution is 5.58. The molecule has 1 aliphatic heterocycles. The molecule has 1 N–H and O–H groups in total. The summed E-state index contributed by atoms with van der Waals surface area (Å²) in [6.45, 7) is 2.97. The van der Waals surface area contributed by atoms with Crippen LogP contribution in [0.5, 0.6) is 0 Å². The van der Waals surface area contributed by atoms with E-state index in [2.05, 4.69) is 0 Å². The number of alkyl halides is 3. The van der Waals surface area contributed by atoms with Crippen LogP contribution >= 0.6 is 0 Å². The van der Waals surface area contributed by atoms with E-state index in [4.69, 9.17) is 10.00 Å². The number of morpholine rings is 1. The largest absolute Gasteiger partial charge is 0.418 e. The smallest absolute Gasteiger partial charge is 0.390 e. The number of anilines is 1.